The Kier molecular flexibility index (Phi) is 7.77. The summed E-state index contributed by atoms with van der Waals surface area (Å²) in [7, 11) is -3.49. The Hall–Kier alpha value is -2.59. The second-order valence-electron chi connectivity index (χ2n) is 8.67. The van der Waals surface area contributed by atoms with E-state index in [4.69, 9.17) is 0 Å². The summed E-state index contributed by atoms with van der Waals surface area (Å²) in [4.78, 5) is 19.6. The summed E-state index contributed by atoms with van der Waals surface area (Å²) >= 11 is 1.48. The molecule has 1 fully saturated rings. The Morgan fingerprint density at radius 3 is 2.35 bits per heavy atom. The predicted molar refractivity (Wildman–Crippen MR) is 135 cm³/mol. The molecule has 2 heterocycles. The van der Waals surface area contributed by atoms with Gasteiger partial charge in [-0.15, -0.1) is 11.3 Å². The number of rotatable bonds is 7. The highest BCUT2D eigenvalue weighted by Gasteiger charge is 2.27. The van der Waals surface area contributed by atoms with Gasteiger partial charge in [0.1, 0.15) is 5.01 Å². The van der Waals surface area contributed by atoms with Gasteiger partial charge in [0, 0.05) is 37.2 Å². The van der Waals surface area contributed by atoms with Gasteiger partial charge in [0.05, 0.1) is 17.0 Å². The van der Waals surface area contributed by atoms with Gasteiger partial charge in [-0.25, -0.2) is 13.4 Å². The Morgan fingerprint density at radius 1 is 0.971 bits per heavy atom. The van der Waals surface area contributed by atoms with Gasteiger partial charge in [0.25, 0.3) is 0 Å². The van der Waals surface area contributed by atoms with E-state index in [2.05, 4.69) is 15.2 Å². The first-order valence-corrected chi connectivity index (χ1v) is 13.7. The van der Waals surface area contributed by atoms with Crippen molar-refractivity contribution in [1.82, 2.24) is 14.2 Å². The van der Waals surface area contributed by atoms with Crippen LogP contribution in [0.1, 0.15) is 28.2 Å². The molecule has 1 aliphatic heterocycles. The molecule has 2 aromatic carbocycles. The highest BCUT2D eigenvalue weighted by molar-refractivity contribution is 7.89. The Morgan fingerprint density at radius 2 is 1.65 bits per heavy atom. The standard InChI is InChI=1S/C25H30N4O3S2/c1-19-4-8-21(9-5-19)26-24(30)16-25-27-22(18-33-25)17-28-12-3-13-29(15-14-28)34(31,32)23-10-6-20(2)7-11-23/h4-11,18H,3,12-17H2,1-2H3,(H,26,30). The largest absolute Gasteiger partial charge is 0.326 e. The maximum absolute atomic E-state index is 13.0. The molecular formula is C25H30N4O3S2. The maximum Gasteiger partial charge on any atom is 0.243 e. The fourth-order valence-corrected chi connectivity index (χ4v) is 6.17. The normalized spacial score (nSPS) is 15.7. The van der Waals surface area contributed by atoms with Gasteiger partial charge in [-0.05, 0) is 51.1 Å². The molecule has 1 aromatic heterocycles. The van der Waals surface area contributed by atoms with Crippen molar-refractivity contribution in [2.24, 2.45) is 0 Å². The Balaban J connectivity index is 1.30. The second-order valence-corrected chi connectivity index (χ2v) is 11.6. The lowest BCUT2D eigenvalue weighted by Gasteiger charge is -2.21. The van der Waals surface area contributed by atoms with E-state index < -0.39 is 10.0 Å². The minimum absolute atomic E-state index is 0.0866. The molecule has 0 unspecified atom stereocenters. The van der Waals surface area contributed by atoms with E-state index in [9.17, 15) is 13.2 Å². The maximum atomic E-state index is 13.0. The van der Waals surface area contributed by atoms with Crippen LogP contribution in [0.3, 0.4) is 0 Å². The molecule has 0 saturated carbocycles. The van der Waals surface area contributed by atoms with E-state index >= 15 is 0 Å². The van der Waals surface area contributed by atoms with Gasteiger partial charge < -0.3 is 5.32 Å². The van der Waals surface area contributed by atoms with E-state index in [-0.39, 0.29) is 12.3 Å². The van der Waals surface area contributed by atoms with Crippen LogP contribution in [-0.4, -0.2) is 54.7 Å². The molecule has 7 nitrogen and oxygen atoms in total. The molecule has 0 atom stereocenters. The molecule has 4 rings (SSSR count). The van der Waals surface area contributed by atoms with Gasteiger partial charge >= 0.3 is 0 Å². The number of carbonyl (C=O) groups is 1. The molecule has 1 amide bonds. The average Bonchev–Trinajstić information content (AvgIpc) is 3.09. The number of sulfonamides is 1. The number of nitrogens with one attached hydrogen (secondary N) is 1. The van der Waals surface area contributed by atoms with Crippen molar-refractivity contribution in [2.45, 2.75) is 38.1 Å². The Labute approximate surface area is 205 Å². The van der Waals surface area contributed by atoms with E-state index in [1.54, 1.807) is 16.4 Å². The molecule has 0 radical (unpaired) electrons. The zero-order valence-corrected chi connectivity index (χ0v) is 21.2. The second kappa shape index (κ2) is 10.8. The number of carbonyl (C=O) groups excluding carboxylic acids is 1. The fourth-order valence-electron chi connectivity index (χ4n) is 3.92. The van der Waals surface area contributed by atoms with Gasteiger partial charge in [-0.3, -0.25) is 9.69 Å². The van der Waals surface area contributed by atoms with Crippen molar-refractivity contribution >= 4 is 33.0 Å². The van der Waals surface area contributed by atoms with Crippen LogP contribution in [-0.2, 0) is 27.8 Å². The molecule has 0 bridgehead atoms. The van der Waals surface area contributed by atoms with Crippen molar-refractivity contribution in [3.63, 3.8) is 0 Å². The number of anilines is 1. The number of thiazole rings is 1. The van der Waals surface area contributed by atoms with Crippen molar-refractivity contribution in [1.29, 1.82) is 0 Å². The first kappa shape index (κ1) is 24.5. The van der Waals surface area contributed by atoms with Crippen molar-refractivity contribution in [2.75, 3.05) is 31.5 Å². The van der Waals surface area contributed by atoms with Gasteiger partial charge in [-0.1, -0.05) is 35.4 Å². The summed E-state index contributed by atoms with van der Waals surface area (Å²) in [6.07, 6.45) is 1.00. The topological polar surface area (TPSA) is 82.6 Å². The van der Waals surface area contributed by atoms with Crippen LogP contribution < -0.4 is 5.32 Å². The third-order valence-corrected chi connectivity index (χ3v) is 8.65. The van der Waals surface area contributed by atoms with Crippen molar-refractivity contribution in [3.05, 3.63) is 75.7 Å². The third kappa shape index (κ3) is 6.29. The molecular weight excluding hydrogens is 468 g/mol. The molecule has 1 N–H and O–H groups in total. The SMILES string of the molecule is Cc1ccc(NC(=O)Cc2nc(CN3CCCN(S(=O)(=O)c4ccc(C)cc4)CC3)cs2)cc1. The zero-order valence-electron chi connectivity index (χ0n) is 19.5. The van der Waals surface area contributed by atoms with Crippen LogP contribution in [0.2, 0.25) is 0 Å². The fraction of sp³-hybridized carbons (Fsp3) is 0.360. The molecule has 34 heavy (non-hydrogen) atoms. The lowest BCUT2D eigenvalue weighted by molar-refractivity contribution is -0.115. The quantitative estimate of drug-likeness (QED) is 0.535. The lowest BCUT2D eigenvalue weighted by atomic mass is 10.2. The monoisotopic (exact) mass is 498 g/mol. The van der Waals surface area contributed by atoms with Crippen LogP contribution in [0.25, 0.3) is 0 Å². The number of hydrogen-bond donors (Lipinski definition) is 1. The van der Waals surface area contributed by atoms with E-state index in [0.717, 1.165) is 40.5 Å². The first-order chi connectivity index (χ1) is 16.3. The third-order valence-electron chi connectivity index (χ3n) is 5.84. The van der Waals surface area contributed by atoms with Gasteiger partial charge in [-0.2, -0.15) is 4.31 Å². The van der Waals surface area contributed by atoms with Crippen LogP contribution in [0, 0.1) is 13.8 Å². The van der Waals surface area contributed by atoms with Crippen LogP contribution in [0.5, 0.6) is 0 Å². The van der Waals surface area contributed by atoms with E-state index in [0.29, 0.717) is 31.1 Å². The summed E-state index contributed by atoms with van der Waals surface area (Å²) in [5, 5.41) is 5.67. The van der Waals surface area contributed by atoms with Crippen molar-refractivity contribution in [3.8, 4) is 0 Å². The van der Waals surface area contributed by atoms with Crippen LogP contribution >= 0.6 is 11.3 Å². The predicted octanol–water partition coefficient (Wildman–Crippen LogP) is 3.84. The minimum atomic E-state index is -3.49. The molecule has 9 heteroatoms. The van der Waals surface area contributed by atoms with Crippen molar-refractivity contribution < 1.29 is 13.2 Å². The van der Waals surface area contributed by atoms with Gasteiger partial charge in [0.15, 0.2) is 0 Å². The molecule has 0 spiro atoms. The van der Waals surface area contributed by atoms with Gasteiger partial charge in [0.2, 0.25) is 15.9 Å². The van der Waals surface area contributed by atoms with E-state index in [1.165, 1.54) is 11.3 Å². The number of aryl methyl sites for hydroxylation is 2. The Bertz CT molecular complexity index is 1220. The molecule has 3 aromatic rings. The lowest BCUT2D eigenvalue weighted by Crippen LogP contribution is -2.35. The first-order valence-electron chi connectivity index (χ1n) is 11.4. The number of aromatic nitrogens is 1. The zero-order chi connectivity index (χ0) is 24.1. The summed E-state index contributed by atoms with van der Waals surface area (Å²) < 4.78 is 27.6. The minimum Gasteiger partial charge on any atom is -0.326 e. The summed E-state index contributed by atoms with van der Waals surface area (Å²) in [6, 6.07) is 14.7. The number of benzene rings is 2. The number of amides is 1. The molecule has 1 saturated heterocycles. The summed E-state index contributed by atoms with van der Waals surface area (Å²) in [5.74, 6) is -0.0866. The van der Waals surface area contributed by atoms with E-state index in [1.807, 2.05) is 55.6 Å². The smallest absolute Gasteiger partial charge is 0.243 e. The highest BCUT2D eigenvalue weighted by Crippen LogP contribution is 2.20. The molecule has 0 aliphatic carbocycles. The average molecular weight is 499 g/mol. The molecule has 180 valence electrons. The van der Waals surface area contributed by atoms with Crippen LogP contribution in [0.4, 0.5) is 5.69 Å². The van der Waals surface area contributed by atoms with Crippen LogP contribution in [0.15, 0.2) is 58.8 Å². The highest BCUT2D eigenvalue weighted by atomic mass is 32.2. The summed E-state index contributed by atoms with van der Waals surface area (Å²) in [6.45, 7) is 7.01. The number of nitrogens with zero attached hydrogens (tertiary/aromatic N) is 3. The molecule has 1 aliphatic rings. The summed E-state index contributed by atoms with van der Waals surface area (Å²) in [5.41, 5.74) is 3.88. The number of hydrogen-bond acceptors (Lipinski definition) is 6.